The second-order valence-corrected chi connectivity index (χ2v) is 5.73. The summed E-state index contributed by atoms with van der Waals surface area (Å²) in [6, 6.07) is 5.62. The standard InChI is InChI=1S/C14H16ClNO2/c1-9-7-10-5-6-16(12(10)8-11(9)15)13(17)18-14(2,3)4/h5-8H,1-4H3. The van der Waals surface area contributed by atoms with Gasteiger partial charge in [0.1, 0.15) is 5.60 Å². The van der Waals surface area contributed by atoms with Gasteiger partial charge in [-0.2, -0.15) is 0 Å². The molecule has 4 heteroatoms. The first-order chi connectivity index (χ1) is 8.28. The summed E-state index contributed by atoms with van der Waals surface area (Å²) < 4.78 is 6.82. The van der Waals surface area contributed by atoms with Crippen LogP contribution in [0.2, 0.25) is 5.02 Å². The number of rotatable bonds is 0. The summed E-state index contributed by atoms with van der Waals surface area (Å²) in [6.07, 6.45) is 1.31. The van der Waals surface area contributed by atoms with E-state index in [0.717, 1.165) is 16.5 Å². The van der Waals surface area contributed by atoms with Crippen molar-refractivity contribution in [3.63, 3.8) is 0 Å². The van der Waals surface area contributed by atoms with Crippen molar-refractivity contribution in [1.82, 2.24) is 4.57 Å². The smallest absolute Gasteiger partial charge is 0.418 e. The van der Waals surface area contributed by atoms with Crippen LogP contribution < -0.4 is 0 Å². The van der Waals surface area contributed by atoms with Crippen molar-refractivity contribution in [1.29, 1.82) is 0 Å². The number of aromatic nitrogens is 1. The Morgan fingerprint density at radius 1 is 1.33 bits per heavy atom. The van der Waals surface area contributed by atoms with Gasteiger partial charge in [-0.3, -0.25) is 4.57 Å². The van der Waals surface area contributed by atoms with Gasteiger partial charge in [-0.1, -0.05) is 11.6 Å². The first-order valence-corrected chi connectivity index (χ1v) is 6.16. The van der Waals surface area contributed by atoms with E-state index in [4.69, 9.17) is 16.3 Å². The molecule has 0 atom stereocenters. The van der Waals surface area contributed by atoms with Gasteiger partial charge in [0.25, 0.3) is 0 Å². The molecule has 18 heavy (non-hydrogen) atoms. The number of hydrogen-bond donors (Lipinski definition) is 0. The Labute approximate surface area is 111 Å². The molecule has 0 radical (unpaired) electrons. The van der Waals surface area contributed by atoms with Crippen molar-refractivity contribution in [3.05, 3.63) is 35.0 Å². The third kappa shape index (κ3) is 2.51. The molecular weight excluding hydrogens is 250 g/mol. The number of ether oxygens (including phenoxy) is 1. The van der Waals surface area contributed by atoms with E-state index in [2.05, 4.69) is 0 Å². The number of halogens is 1. The molecule has 2 aromatic rings. The molecule has 0 N–H and O–H groups in total. The fourth-order valence-corrected chi connectivity index (χ4v) is 1.90. The lowest BCUT2D eigenvalue weighted by atomic mass is 10.2. The van der Waals surface area contributed by atoms with E-state index in [1.165, 1.54) is 4.57 Å². The summed E-state index contributed by atoms with van der Waals surface area (Å²) in [5.41, 5.74) is 1.24. The molecule has 0 saturated carbocycles. The van der Waals surface area contributed by atoms with E-state index in [1.54, 1.807) is 12.3 Å². The zero-order valence-electron chi connectivity index (χ0n) is 11.0. The average Bonchev–Trinajstić information content (AvgIpc) is 2.59. The maximum atomic E-state index is 12.0. The lowest BCUT2D eigenvalue weighted by Crippen LogP contribution is -2.26. The van der Waals surface area contributed by atoms with Crippen LogP contribution in [0.15, 0.2) is 24.4 Å². The van der Waals surface area contributed by atoms with Gasteiger partial charge in [0, 0.05) is 16.6 Å². The summed E-state index contributed by atoms with van der Waals surface area (Å²) in [6.45, 7) is 7.46. The van der Waals surface area contributed by atoms with Gasteiger partial charge in [0.15, 0.2) is 0 Å². The van der Waals surface area contributed by atoms with Crippen LogP contribution in [-0.2, 0) is 4.74 Å². The highest BCUT2D eigenvalue weighted by Gasteiger charge is 2.19. The Hall–Kier alpha value is -1.48. The minimum atomic E-state index is -0.512. The Bertz CT molecular complexity index is 608. The Morgan fingerprint density at radius 2 is 2.00 bits per heavy atom. The maximum absolute atomic E-state index is 12.0. The molecule has 0 amide bonds. The largest absolute Gasteiger partial charge is 0.443 e. The van der Waals surface area contributed by atoms with Gasteiger partial charge < -0.3 is 4.74 Å². The van der Waals surface area contributed by atoms with E-state index >= 15 is 0 Å². The van der Waals surface area contributed by atoms with Crippen LogP contribution in [0.3, 0.4) is 0 Å². The summed E-state index contributed by atoms with van der Waals surface area (Å²) >= 11 is 6.09. The minimum Gasteiger partial charge on any atom is -0.443 e. The minimum absolute atomic E-state index is 0.391. The molecule has 0 spiro atoms. The molecule has 3 nitrogen and oxygen atoms in total. The van der Waals surface area contributed by atoms with E-state index in [1.807, 2.05) is 39.8 Å². The Morgan fingerprint density at radius 3 is 2.61 bits per heavy atom. The second-order valence-electron chi connectivity index (χ2n) is 5.33. The predicted octanol–water partition coefficient (Wildman–Crippen LogP) is 4.39. The Balaban J connectivity index is 2.46. The lowest BCUT2D eigenvalue weighted by molar-refractivity contribution is 0.0544. The number of hydrogen-bond acceptors (Lipinski definition) is 2. The van der Waals surface area contributed by atoms with E-state index in [9.17, 15) is 4.79 Å². The summed E-state index contributed by atoms with van der Waals surface area (Å²) in [5, 5.41) is 1.62. The van der Waals surface area contributed by atoms with Crippen molar-refractivity contribution in [2.75, 3.05) is 0 Å². The number of benzene rings is 1. The van der Waals surface area contributed by atoms with Crippen LogP contribution in [0.5, 0.6) is 0 Å². The monoisotopic (exact) mass is 265 g/mol. The van der Waals surface area contributed by atoms with E-state index in [0.29, 0.717) is 5.02 Å². The van der Waals surface area contributed by atoms with Crippen molar-refractivity contribution >= 4 is 28.6 Å². The summed E-state index contributed by atoms with van der Waals surface area (Å²) in [7, 11) is 0. The highest BCUT2D eigenvalue weighted by atomic mass is 35.5. The summed E-state index contributed by atoms with van der Waals surface area (Å²) in [4.78, 5) is 12.0. The van der Waals surface area contributed by atoms with Gasteiger partial charge in [-0.25, -0.2) is 4.79 Å². The Kier molecular flexibility index (Phi) is 3.11. The molecule has 1 heterocycles. The number of aryl methyl sites for hydroxylation is 1. The molecule has 0 saturated heterocycles. The van der Waals surface area contributed by atoms with Crippen LogP contribution in [0, 0.1) is 6.92 Å². The van der Waals surface area contributed by atoms with Gasteiger partial charge in [-0.05, 0) is 51.5 Å². The van der Waals surface area contributed by atoms with Crippen LogP contribution >= 0.6 is 11.6 Å². The number of nitrogens with zero attached hydrogens (tertiary/aromatic N) is 1. The highest BCUT2D eigenvalue weighted by molar-refractivity contribution is 6.32. The topological polar surface area (TPSA) is 31.2 Å². The molecule has 1 aromatic carbocycles. The second kappa shape index (κ2) is 4.32. The van der Waals surface area contributed by atoms with Crippen molar-refractivity contribution in [2.24, 2.45) is 0 Å². The van der Waals surface area contributed by atoms with Gasteiger partial charge >= 0.3 is 6.09 Å². The SMILES string of the molecule is Cc1cc2ccn(C(=O)OC(C)(C)C)c2cc1Cl. The number of carbonyl (C=O) groups is 1. The first-order valence-electron chi connectivity index (χ1n) is 5.78. The van der Waals surface area contributed by atoms with Crippen LogP contribution in [0.4, 0.5) is 4.79 Å². The van der Waals surface area contributed by atoms with Gasteiger partial charge in [0.05, 0.1) is 5.52 Å². The molecule has 2 rings (SSSR count). The molecule has 0 aliphatic rings. The molecule has 1 aromatic heterocycles. The highest BCUT2D eigenvalue weighted by Crippen LogP contribution is 2.25. The molecular formula is C14H16ClNO2. The van der Waals surface area contributed by atoms with E-state index < -0.39 is 11.7 Å². The molecule has 0 aliphatic heterocycles. The van der Waals surface area contributed by atoms with Gasteiger partial charge in [0.2, 0.25) is 0 Å². The fraction of sp³-hybridized carbons (Fsp3) is 0.357. The van der Waals surface area contributed by atoms with Crippen molar-refractivity contribution < 1.29 is 9.53 Å². The van der Waals surface area contributed by atoms with Crippen molar-refractivity contribution in [2.45, 2.75) is 33.3 Å². The number of carbonyl (C=O) groups excluding carboxylic acids is 1. The third-order valence-corrected chi connectivity index (χ3v) is 2.97. The molecule has 0 aliphatic carbocycles. The zero-order valence-corrected chi connectivity index (χ0v) is 11.7. The molecule has 0 unspecified atom stereocenters. The van der Waals surface area contributed by atoms with Gasteiger partial charge in [-0.15, -0.1) is 0 Å². The van der Waals surface area contributed by atoms with Crippen LogP contribution in [-0.4, -0.2) is 16.3 Å². The maximum Gasteiger partial charge on any atom is 0.418 e. The molecule has 0 fully saturated rings. The van der Waals surface area contributed by atoms with Crippen LogP contribution in [0.25, 0.3) is 10.9 Å². The zero-order chi connectivity index (χ0) is 13.5. The van der Waals surface area contributed by atoms with E-state index in [-0.39, 0.29) is 0 Å². The van der Waals surface area contributed by atoms with Crippen molar-refractivity contribution in [3.8, 4) is 0 Å². The van der Waals surface area contributed by atoms with Crippen LogP contribution in [0.1, 0.15) is 26.3 Å². The predicted molar refractivity (Wildman–Crippen MR) is 73.3 cm³/mol. The normalized spacial score (nSPS) is 11.8. The quantitative estimate of drug-likeness (QED) is 0.707. The third-order valence-electron chi connectivity index (χ3n) is 2.56. The summed E-state index contributed by atoms with van der Waals surface area (Å²) in [5.74, 6) is 0. The average molecular weight is 266 g/mol. The fourth-order valence-electron chi connectivity index (χ4n) is 1.74. The molecule has 96 valence electrons. The first kappa shape index (κ1) is 13.0. The number of fused-ring (bicyclic) bond motifs is 1. The lowest BCUT2D eigenvalue weighted by Gasteiger charge is -2.19. The molecule has 0 bridgehead atoms.